The molecule has 21 heavy (non-hydrogen) atoms. The Morgan fingerprint density at radius 2 is 1.52 bits per heavy atom. The SMILES string of the molecule is CNc1cnc(C)nc1.O=C(O)c1cccc(C(=O)O)c1. The minimum absolute atomic E-state index is 0.0186. The molecule has 0 unspecified atom stereocenters. The van der Waals surface area contributed by atoms with Crippen molar-refractivity contribution in [2.75, 3.05) is 12.4 Å². The first-order valence-corrected chi connectivity index (χ1v) is 5.97. The van der Waals surface area contributed by atoms with Crippen molar-refractivity contribution in [1.82, 2.24) is 9.97 Å². The smallest absolute Gasteiger partial charge is 0.335 e. The number of carboxylic acid groups (broad SMARTS) is 2. The van der Waals surface area contributed by atoms with Gasteiger partial charge in [0, 0.05) is 7.05 Å². The molecule has 0 atom stereocenters. The van der Waals surface area contributed by atoms with Gasteiger partial charge in [-0.2, -0.15) is 0 Å². The lowest BCUT2D eigenvalue weighted by atomic mass is 10.1. The zero-order valence-electron chi connectivity index (χ0n) is 11.6. The minimum atomic E-state index is -1.13. The summed E-state index contributed by atoms with van der Waals surface area (Å²) >= 11 is 0. The number of carbonyl (C=O) groups is 2. The average Bonchev–Trinajstić information content (AvgIpc) is 2.49. The van der Waals surface area contributed by atoms with Crippen molar-refractivity contribution in [3.05, 3.63) is 53.6 Å². The summed E-state index contributed by atoms with van der Waals surface area (Å²) in [4.78, 5) is 28.7. The van der Waals surface area contributed by atoms with Gasteiger partial charge >= 0.3 is 11.9 Å². The second kappa shape index (κ2) is 7.59. The molecule has 2 aromatic rings. The molecule has 1 aromatic heterocycles. The molecule has 0 spiro atoms. The van der Waals surface area contributed by atoms with E-state index in [1.165, 1.54) is 18.2 Å². The predicted octanol–water partition coefficient (Wildman–Crippen LogP) is 1.91. The van der Waals surface area contributed by atoms with Crippen LogP contribution in [0.1, 0.15) is 26.5 Å². The summed E-state index contributed by atoms with van der Waals surface area (Å²) < 4.78 is 0. The number of anilines is 1. The number of aryl methyl sites for hydroxylation is 1. The fraction of sp³-hybridized carbons (Fsp3) is 0.143. The third kappa shape index (κ3) is 5.27. The average molecular weight is 289 g/mol. The normalized spacial score (nSPS) is 9.24. The molecule has 0 aliphatic heterocycles. The molecule has 3 N–H and O–H groups in total. The molecule has 7 nitrogen and oxygen atoms in total. The Labute approximate surface area is 121 Å². The lowest BCUT2D eigenvalue weighted by Gasteiger charge is -1.95. The van der Waals surface area contributed by atoms with Crippen molar-refractivity contribution >= 4 is 17.6 Å². The summed E-state index contributed by atoms with van der Waals surface area (Å²) in [5.41, 5.74) is 0.908. The van der Waals surface area contributed by atoms with E-state index < -0.39 is 11.9 Å². The molecule has 2 rings (SSSR count). The summed E-state index contributed by atoms with van der Waals surface area (Å²) in [5, 5.41) is 19.9. The Bertz CT molecular complexity index is 597. The van der Waals surface area contributed by atoms with Crippen LogP contribution in [0.25, 0.3) is 0 Å². The van der Waals surface area contributed by atoms with Gasteiger partial charge in [-0.05, 0) is 25.1 Å². The zero-order chi connectivity index (χ0) is 15.8. The van der Waals surface area contributed by atoms with Crippen LogP contribution in [0.2, 0.25) is 0 Å². The summed E-state index contributed by atoms with van der Waals surface area (Å²) in [7, 11) is 1.84. The molecular weight excluding hydrogens is 274 g/mol. The van der Waals surface area contributed by atoms with E-state index in [1.54, 1.807) is 12.4 Å². The van der Waals surface area contributed by atoms with Crippen LogP contribution in [-0.2, 0) is 0 Å². The molecule has 110 valence electrons. The van der Waals surface area contributed by atoms with Gasteiger partial charge in [-0.25, -0.2) is 19.6 Å². The molecule has 0 saturated heterocycles. The van der Waals surface area contributed by atoms with Crippen LogP contribution in [-0.4, -0.2) is 39.2 Å². The molecule has 0 bridgehead atoms. The van der Waals surface area contributed by atoms with Gasteiger partial charge in [0.15, 0.2) is 0 Å². The molecular formula is C14H15N3O4. The highest BCUT2D eigenvalue weighted by molar-refractivity contribution is 5.93. The van der Waals surface area contributed by atoms with Crippen LogP contribution >= 0.6 is 0 Å². The largest absolute Gasteiger partial charge is 0.478 e. The molecule has 0 amide bonds. The Morgan fingerprint density at radius 3 is 1.90 bits per heavy atom. The fourth-order valence-electron chi connectivity index (χ4n) is 1.31. The molecule has 0 aliphatic carbocycles. The van der Waals surface area contributed by atoms with Crippen molar-refractivity contribution in [3.63, 3.8) is 0 Å². The number of rotatable bonds is 3. The Kier molecular flexibility index (Phi) is 5.81. The Balaban J connectivity index is 0.000000219. The Morgan fingerprint density at radius 1 is 1.05 bits per heavy atom. The van der Waals surface area contributed by atoms with Gasteiger partial charge in [0.25, 0.3) is 0 Å². The van der Waals surface area contributed by atoms with Gasteiger partial charge in [0.1, 0.15) is 5.82 Å². The number of nitrogens with zero attached hydrogens (tertiary/aromatic N) is 2. The third-order valence-electron chi connectivity index (χ3n) is 2.43. The number of nitrogens with one attached hydrogen (secondary N) is 1. The maximum Gasteiger partial charge on any atom is 0.335 e. The maximum absolute atomic E-state index is 10.4. The number of aromatic nitrogens is 2. The molecule has 1 heterocycles. The van der Waals surface area contributed by atoms with Crippen LogP contribution in [0, 0.1) is 6.92 Å². The molecule has 0 saturated carbocycles. The molecule has 0 radical (unpaired) electrons. The molecule has 1 aromatic carbocycles. The van der Waals surface area contributed by atoms with E-state index in [0.717, 1.165) is 17.6 Å². The summed E-state index contributed by atoms with van der Waals surface area (Å²) in [6.45, 7) is 1.86. The second-order valence-electron chi connectivity index (χ2n) is 3.96. The van der Waals surface area contributed by atoms with Crippen molar-refractivity contribution in [3.8, 4) is 0 Å². The van der Waals surface area contributed by atoms with E-state index in [2.05, 4.69) is 15.3 Å². The van der Waals surface area contributed by atoms with Crippen molar-refractivity contribution in [1.29, 1.82) is 0 Å². The quantitative estimate of drug-likeness (QED) is 0.791. The van der Waals surface area contributed by atoms with Crippen molar-refractivity contribution in [2.24, 2.45) is 0 Å². The second-order valence-corrected chi connectivity index (χ2v) is 3.96. The first-order valence-electron chi connectivity index (χ1n) is 5.97. The first kappa shape index (κ1) is 16.1. The maximum atomic E-state index is 10.4. The predicted molar refractivity (Wildman–Crippen MR) is 76.7 cm³/mol. The third-order valence-corrected chi connectivity index (χ3v) is 2.43. The van der Waals surface area contributed by atoms with Crippen LogP contribution in [0.15, 0.2) is 36.7 Å². The van der Waals surface area contributed by atoms with Crippen molar-refractivity contribution < 1.29 is 19.8 Å². The highest BCUT2D eigenvalue weighted by atomic mass is 16.4. The van der Waals surface area contributed by atoms with E-state index in [4.69, 9.17) is 10.2 Å². The summed E-state index contributed by atoms with van der Waals surface area (Å²) in [5.74, 6) is -1.45. The van der Waals surface area contributed by atoms with E-state index in [9.17, 15) is 9.59 Å². The van der Waals surface area contributed by atoms with E-state index in [0.29, 0.717) is 0 Å². The van der Waals surface area contributed by atoms with Crippen molar-refractivity contribution in [2.45, 2.75) is 6.92 Å². The fourth-order valence-corrected chi connectivity index (χ4v) is 1.31. The number of aromatic carboxylic acids is 2. The van der Waals surface area contributed by atoms with Crippen LogP contribution in [0.4, 0.5) is 5.69 Å². The first-order chi connectivity index (χ1) is 9.93. The highest BCUT2D eigenvalue weighted by Crippen LogP contribution is 2.04. The van der Waals surface area contributed by atoms with Gasteiger partial charge < -0.3 is 15.5 Å². The summed E-state index contributed by atoms with van der Waals surface area (Å²) in [6.07, 6.45) is 3.50. The molecule has 0 fully saturated rings. The zero-order valence-corrected chi connectivity index (χ0v) is 11.6. The number of benzene rings is 1. The number of hydrogen-bond acceptors (Lipinski definition) is 5. The minimum Gasteiger partial charge on any atom is -0.478 e. The van der Waals surface area contributed by atoms with Gasteiger partial charge in [0.2, 0.25) is 0 Å². The highest BCUT2D eigenvalue weighted by Gasteiger charge is 2.06. The molecule has 7 heteroatoms. The van der Waals surface area contributed by atoms with Gasteiger partial charge in [-0.3, -0.25) is 0 Å². The van der Waals surface area contributed by atoms with E-state index in [-0.39, 0.29) is 11.1 Å². The lowest BCUT2D eigenvalue weighted by molar-refractivity contribution is 0.0696. The number of hydrogen-bond donors (Lipinski definition) is 3. The van der Waals surface area contributed by atoms with E-state index >= 15 is 0 Å². The standard InChI is InChI=1S/C8H6O4.C6H9N3/c9-7(10)5-2-1-3-6(4-5)8(11)12;1-5-8-3-6(7-2)4-9-5/h1-4H,(H,9,10)(H,11,12);3-4,7H,1-2H3. The van der Waals surface area contributed by atoms with Gasteiger partial charge in [0.05, 0.1) is 29.2 Å². The monoisotopic (exact) mass is 289 g/mol. The van der Waals surface area contributed by atoms with E-state index in [1.807, 2.05) is 14.0 Å². The summed E-state index contributed by atoms with van der Waals surface area (Å²) in [6, 6.07) is 5.20. The van der Waals surface area contributed by atoms with Crippen LogP contribution < -0.4 is 5.32 Å². The lowest BCUT2D eigenvalue weighted by Crippen LogP contribution is -2.01. The molecule has 0 aliphatic rings. The van der Waals surface area contributed by atoms with Gasteiger partial charge in [-0.15, -0.1) is 0 Å². The van der Waals surface area contributed by atoms with Crippen LogP contribution in [0.5, 0.6) is 0 Å². The Hall–Kier alpha value is -2.96. The topological polar surface area (TPSA) is 112 Å². The van der Waals surface area contributed by atoms with Gasteiger partial charge in [-0.1, -0.05) is 6.07 Å². The number of carboxylic acids is 2. The van der Waals surface area contributed by atoms with Crippen LogP contribution in [0.3, 0.4) is 0 Å².